The third-order valence-electron chi connectivity index (χ3n) is 6.22. The molecule has 0 aliphatic carbocycles. The average molecular weight is 521 g/mol. The van der Waals surface area contributed by atoms with Gasteiger partial charge in [-0.15, -0.1) is 0 Å². The summed E-state index contributed by atoms with van der Waals surface area (Å²) in [5.41, 5.74) is 3.87. The molecule has 6 nitrogen and oxygen atoms in total. The zero-order valence-corrected chi connectivity index (χ0v) is 21.4. The smallest absolute Gasteiger partial charge is 0.272 e. The maximum Gasteiger partial charge on any atom is 0.272 e. The van der Waals surface area contributed by atoms with E-state index in [1.165, 1.54) is 0 Å². The Balaban J connectivity index is 1.42. The summed E-state index contributed by atoms with van der Waals surface area (Å²) in [4.78, 5) is 17.9. The van der Waals surface area contributed by atoms with Crippen LogP contribution in [0.15, 0.2) is 78.9 Å². The SMILES string of the molecule is CCOc1ccccc1N1CCN(C(=O)c2cc(-c3ccccc3)nn2-c2ccc(Cl)c(Cl)c2)CC1. The Labute approximate surface area is 220 Å². The number of para-hydroxylation sites is 2. The van der Waals surface area contributed by atoms with Gasteiger partial charge in [0.25, 0.3) is 5.91 Å². The third-order valence-corrected chi connectivity index (χ3v) is 6.96. The molecule has 1 aliphatic rings. The molecule has 2 heterocycles. The van der Waals surface area contributed by atoms with Gasteiger partial charge < -0.3 is 14.5 Å². The monoisotopic (exact) mass is 520 g/mol. The van der Waals surface area contributed by atoms with E-state index >= 15 is 0 Å². The van der Waals surface area contributed by atoms with E-state index in [4.69, 9.17) is 33.0 Å². The fraction of sp³-hybridized carbons (Fsp3) is 0.214. The maximum atomic E-state index is 13.8. The molecule has 1 amide bonds. The summed E-state index contributed by atoms with van der Waals surface area (Å²) in [6.45, 7) is 5.19. The lowest BCUT2D eigenvalue weighted by molar-refractivity contribution is 0.0737. The van der Waals surface area contributed by atoms with E-state index in [0.29, 0.717) is 59.9 Å². The Kier molecular flexibility index (Phi) is 7.16. The Morgan fingerprint density at radius 2 is 1.61 bits per heavy atom. The van der Waals surface area contributed by atoms with E-state index in [2.05, 4.69) is 11.0 Å². The van der Waals surface area contributed by atoms with Gasteiger partial charge in [-0.25, -0.2) is 4.68 Å². The lowest BCUT2D eigenvalue weighted by Gasteiger charge is -2.36. The van der Waals surface area contributed by atoms with Gasteiger partial charge in [-0.05, 0) is 43.3 Å². The fourth-order valence-electron chi connectivity index (χ4n) is 4.41. The van der Waals surface area contributed by atoms with Crippen LogP contribution in [0.5, 0.6) is 5.75 Å². The van der Waals surface area contributed by atoms with Gasteiger partial charge in [-0.3, -0.25) is 4.79 Å². The summed E-state index contributed by atoms with van der Waals surface area (Å²) < 4.78 is 7.46. The summed E-state index contributed by atoms with van der Waals surface area (Å²) >= 11 is 12.4. The summed E-state index contributed by atoms with van der Waals surface area (Å²) in [6.07, 6.45) is 0. The second-order valence-electron chi connectivity index (χ2n) is 8.47. The minimum atomic E-state index is -0.0755. The van der Waals surface area contributed by atoms with Crippen LogP contribution in [-0.2, 0) is 0 Å². The number of piperazine rings is 1. The molecule has 0 bridgehead atoms. The Bertz CT molecular complexity index is 1370. The highest BCUT2D eigenvalue weighted by Gasteiger charge is 2.27. The molecule has 3 aromatic carbocycles. The van der Waals surface area contributed by atoms with Crippen LogP contribution in [-0.4, -0.2) is 53.4 Å². The first-order valence-electron chi connectivity index (χ1n) is 11.9. The van der Waals surface area contributed by atoms with Crippen LogP contribution in [0.4, 0.5) is 5.69 Å². The number of carbonyl (C=O) groups is 1. The van der Waals surface area contributed by atoms with Crippen molar-refractivity contribution in [1.82, 2.24) is 14.7 Å². The van der Waals surface area contributed by atoms with Crippen LogP contribution in [0.2, 0.25) is 10.0 Å². The quantitative estimate of drug-likeness (QED) is 0.303. The predicted octanol–water partition coefficient (Wildman–Crippen LogP) is 6.21. The van der Waals surface area contributed by atoms with E-state index in [0.717, 1.165) is 17.0 Å². The van der Waals surface area contributed by atoms with Crippen LogP contribution < -0.4 is 9.64 Å². The van der Waals surface area contributed by atoms with E-state index in [1.54, 1.807) is 16.8 Å². The van der Waals surface area contributed by atoms with Crippen LogP contribution in [0.25, 0.3) is 16.9 Å². The predicted molar refractivity (Wildman–Crippen MR) is 145 cm³/mol. The molecule has 1 aliphatic heterocycles. The standard InChI is InChI=1S/C28H26Cl2N4O2/c1-2-36-27-11-7-6-10-25(27)32-14-16-33(17-15-32)28(35)26-19-24(20-8-4-3-5-9-20)31-34(26)21-12-13-22(29)23(30)18-21/h3-13,18-19H,2,14-17H2,1H3. The molecule has 1 fully saturated rings. The molecule has 0 saturated carbocycles. The van der Waals surface area contributed by atoms with Crippen molar-refractivity contribution in [2.24, 2.45) is 0 Å². The highest BCUT2D eigenvalue weighted by molar-refractivity contribution is 6.42. The Hall–Kier alpha value is -3.48. The summed E-state index contributed by atoms with van der Waals surface area (Å²) in [6, 6.07) is 24.9. The van der Waals surface area contributed by atoms with Crippen molar-refractivity contribution in [3.63, 3.8) is 0 Å². The zero-order valence-electron chi connectivity index (χ0n) is 19.9. The van der Waals surface area contributed by atoms with Gasteiger partial charge in [0.05, 0.1) is 33.7 Å². The molecule has 0 radical (unpaired) electrons. The summed E-state index contributed by atoms with van der Waals surface area (Å²) in [5, 5.41) is 5.63. The van der Waals surface area contributed by atoms with Crippen molar-refractivity contribution in [3.05, 3.63) is 94.6 Å². The zero-order chi connectivity index (χ0) is 25.1. The van der Waals surface area contributed by atoms with Gasteiger partial charge in [0.15, 0.2) is 0 Å². The first kappa shape index (κ1) is 24.2. The number of ether oxygens (including phenoxy) is 1. The number of amides is 1. The minimum absolute atomic E-state index is 0.0755. The summed E-state index contributed by atoms with van der Waals surface area (Å²) in [7, 11) is 0. The lowest BCUT2D eigenvalue weighted by atomic mass is 10.1. The number of nitrogens with zero attached hydrogens (tertiary/aromatic N) is 4. The second kappa shape index (κ2) is 10.6. The highest BCUT2D eigenvalue weighted by Crippen LogP contribution is 2.30. The topological polar surface area (TPSA) is 50.6 Å². The molecule has 36 heavy (non-hydrogen) atoms. The van der Waals surface area contributed by atoms with Crippen molar-refractivity contribution < 1.29 is 9.53 Å². The van der Waals surface area contributed by atoms with Gasteiger partial charge >= 0.3 is 0 Å². The van der Waals surface area contributed by atoms with Crippen molar-refractivity contribution >= 4 is 34.8 Å². The first-order chi connectivity index (χ1) is 17.5. The van der Waals surface area contributed by atoms with E-state index in [9.17, 15) is 4.79 Å². The molecule has 0 spiro atoms. The first-order valence-corrected chi connectivity index (χ1v) is 12.7. The fourth-order valence-corrected chi connectivity index (χ4v) is 4.70. The number of anilines is 1. The third kappa shape index (κ3) is 4.92. The molecule has 4 aromatic rings. The molecule has 8 heteroatoms. The number of halogens is 2. The van der Waals surface area contributed by atoms with E-state index < -0.39 is 0 Å². The second-order valence-corrected chi connectivity index (χ2v) is 9.29. The van der Waals surface area contributed by atoms with Gasteiger partial charge in [-0.2, -0.15) is 5.10 Å². The molecule has 1 aromatic heterocycles. The van der Waals surface area contributed by atoms with Crippen molar-refractivity contribution in [2.45, 2.75) is 6.92 Å². The van der Waals surface area contributed by atoms with Crippen molar-refractivity contribution in [1.29, 1.82) is 0 Å². The summed E-state index contributed by atoms with van der Waals surface area (Å²) in [5.74, 6) is 0.790. The maximum absolute atomic E-state index is 13.8. The number of hydrogen-bond acceptors (Lipinski definition) is 4. The Morgan fingerprint density at radius 1 is 0.889 bits per heavy atom. The van der Waals surface area contributed by atoms with Gasteiger partial charge in [0.1, 0.15) is 11.4 Å². The number of carbonyl (C=O) groups excluding carboxylic acids is 1. The number of hydrogen-bond donors (Lipinski definition) is 0. The van der Waals surface area contributed by atoms with E-state index in [1.807, 2.05) is 72.5 Å². The van der Waals surface area contributed by atoms with Crippen LogP contribution in [0.1, 0.15) is 17.4 Å². The van der Waals surface area contributed by atoms with Crippen LogP contribution in [0.3, 0.4) is 0 Å². The van der Waals surface area contributed by atoms with Crippen molar-refractivity contribution in [3.8, 4) is 22.7 Å². The highest BCUT2D eigenvalue weighted by atomic mass is 35.5. The lowest BCUT2D eigenvalue weighted by Crippen LogP contribution is -2.49. The molecule has 0 unspecified atom stereocenters. The molecule has 1 saturated heterocycles. The number of benzene rings is 3. The van der Waals surface area contributed by atoms with Gasteiger partial charge in [0, 0.05) is 31.7 Å². The molecule has 5 rings (SSSR count). The minimum Gasteiger partial charge on any atom is -0.492 e. The van der Waals surface area contributed by atoms with Gasteiger partial charge in [-0.1, -0.05) is 65.7 Å². The number of aromatic nitrogens is 2. The normalized spacial score (nSPS) is 13.6. The van der Waals surface area contributed by atoms with Gasteiger partial charge in [0.2, 0.25) is 0 Å². The number of rotatable bonds is 6. The molecule has 0 N–H and O–H groups in total. The van der Waals surface area contributed by atoms with Crippen LogP contribution >= 0.6 is 23.2 Å². The Morgan fingerprint density at radius 3 is 2.33 bits per heavy atom. The molecule has 0 atom stereocenters. The molecule has 184 valence electrons. The molecular formula is C28H26Cl2N4O2. The molecular weight excluding hydrogens is 495 g/mol. The largest absolute Gasteiger partial charge is 0.492 e. The van der Waals surface area contributed by atoms with Crippen molar-refractivity contribution in [2.75, 3.05) is 37.7 Å². The van der Waals surface area contributed by atoms with Crippen LogP contribution in [0, 0.1) is 0 Å². The average Bonchev–Trinajstić information content (AvgIpc) is 3.37. The van der Waals surface area contributed by atoms with E-state index in [-0.39, 0.29) is 5.91 Å².